The molecule has 0 saturated carbocycles. The maximum atomic E-state index is 12.1. The van der Waals surface area contributed by atoms with Crippen LogP contribution in [0.1, 0.15) is 52.6 Å². The summed E-state index contributed by atoms with van der Waals surface area (Å²) >= 11 is 0. The fourth-order valence-electron chi connectivity index (χ4n) is 1.50. The Morgan fingerprint density at radius 2 is 1.67 bits per heavy atom. The van der Waals surface area contributed by atoms with Crippen molar-refractivity contribution in [1.29, 1.82) is 0 Å². The Kier molecular flexibility index (Phi) is 3.71. The van der Waals surface area contributed by atoms with E-state index in [1.54, 1.807) is 41.5 Å². The Morgan fingerprint density at radius 3 is 2.10 bits per heavy atom. The number of hydrogen-bond acceptors (Lipinski definition) is 3. The summed E-state index contributed by atoms with van der Waals surface area (Å²) in [6.07, 6.45) is -0.0415. The van der Waals surface area contributed by atoms with E-state index in [0.29, 0.717) is 0 Å². The van der Waals surface area contributed by atoms with Gasteiger partial charge in [-0.3, -0.25) is 0 Å². The topological polar surface area (TPSA) is 63.2 Å². The second-order valence-corrected chi connectivity index (χ2v) is 6.96. The second kappa shape index (κ2) is 6.48. The normalized spacial score (nSPS) is 16.3. The van der Waals surface area contributed by atoms with E-state index in [1.165, 1.54) is 0 Å². The zero-order chi connectivity index (χ0) is 19.7. The first-order chi connectivity index (χ1) is 11.1. The quantitative estimate of drug-likeness (QED) is 0.868. The average molecular weight is 298 g/mol. The maximum Gasteiger partial charge on any atom is 0.365 e. The summed E-state index contributed by atoms with van der Waals surface area (Å²) in [6.45, 7) is 10.5. The number of rotatable bonds is 4. The van der Waals surface area contributed by atoms with Gasteiger partial charge < -0.3 is 15.2 Å². The molecule has 0 spiro atoms. The molecule has 0 aliphatic rings. The van der Waals surface area contributed by atoms with Crippen LogP contribution in [0.2, 0.25) is 0 Å². The third kappa shape index (κ3) is 7.14. The van der Waals surface area contributed by atoms with Crippen LogP contribution in [0.15, 0.2) is 24.2 Å². The zero-order valence-corrected chi connectivity index (χ0v) is 13.7. The molecule has 0 bridgehead atoms. The van der Waals surface area contributed by atoms with Crippen LogP contribution in [0, 0.1) is 0 Å². The Hall–Kier alpha value is -1.55. The van der Waals surface area contributed by atoms with E-state index in [1.807, 2.05) is 0 Å². The van der Waals surface area contributed by atoms with Crippen molar-refractivity contribution in [2.45, 2.75) is 65.2 Å². The van der Waals surface area contributed by atoms with Crippen LogP contribution < -0.4 is 10.5 Å². The molecule has 0 unspecified atom stereocenters. The van der Waals surface area contributed by atoms with Crippen molar-refractivity contribution in [3.05, 3.63) is 29.7 Å². The predicted octanol–water partition coefficient (Wildman–Crippen LogP) is 2.36. The Morgan fingerprint density at radius 1 is 1.14 bits per heavy atom. The van der Waals surface area contributed by atoms with Crippen molar-refractivity contribution in [3.63, 3.8) is 0 Å². The van der Waals surface area contributed by atoms with Crippen LogP contribution in [0.5, 0.6) is 5.75 Å². The van der Waals surface area contributed by atoms with Crippen LogP contribution >= 0.6 is 0 Å². The van der Waals surface area contributed by atoms with E-state index in [4.69, 9.17) is 15.0 Å². The van der Waals surface area contributed by atoms with Crippen LogP contribution in [0.25, 0.3) is 0 Å². The molecule has 0 aliphatic heterocycles. The molecule has 0 radical (unpaired) electrons. The lowest BCUT2D eigenvalue weighted by molar-refractivity contribution is -0.409. The minimum Gasteiger partial charge on any atom is -0.488 e. The van der Waals surface area contributed by atoms with Gasteiger partial charge in [0.15, 0.2) is 6.04 Å². The van der Waals surface area contributed by atoms with Gasteiger partial charge in [-0.2, -0.15) is 0 Å². The largest absolute Gasteiger partial charge is 0.488 e. The van der Waals surface area contributed by atoms with Crippen molar-refractivity contribution < 1.29 is 25.5 Å². The van der Waals surface area contributed by atoms with Gasteiger partial charge in [0.05, 0.1) is 5.48 Å². The number of quaternary nitrogens is 1. The maximum absolute atomic E-state index is 12.1. The summed E-state index contributed by atoms with van der Waals surface area (Å²) in [6, 6.07) is -1.81. The molecule has 1 atom stereocenters. The Balaban J connectivity index is 3.20. The highest BCUT2D eigenvalue weighted by molar-refractivity contribution is 5.74. The van der Waals surface area contributed by atoms with E-state index >= 15 is 0 Å². The first-order valence-corrected chi connectivity index (χ1v) is 6.98. The monoisotopic (exact) mass is 298 g/mol. The van der Waals surface area contributed by atoms with E-state index in [2.05, 4.69) is 5.73 Å². The van der Waals surface area contributed by atoms with Gasteiger partial charge in [0.25, 0.3) is 0 Å². The van der Waals surface area contributed by atoms with Crippen molar-refractivity contribution in [2.75, 3.05) is 0 Å². The summed E-state index contributed by atoms with van der Waals surface area (Å²) in [5.41, 5.74) is 2.56. The third-order valence-electron chi connectivity index (χ3n) is 2.25. The lowest BCUT2D eigenvalue weighted by Crippen LogP contribution is -2.66. The minimum absolute atomic E-state index is 0.0415. The Labute approximate surface area is 133 Å². The van der Waals surface area contributed by atoms with Crippen molar-refractivity contribution in [3.8, 4) is 5.75 Å². The fourth-order valence-corrected chi connectivity index (χ4v) is 1.50. The summed E-state index contributed by atoms with van der Waals surface area (Å²) < 4.78 is 43.3. The lowest BCUT2D eigenvalue weighted by Gasteiger charge is -2.22. The molecule has 0 amide bonds. The molecular weight excluding hydrogens is 266 g/mol. The van der Waals surface area contributed by atoms with Crippen LogP contribution in [0.3, 0.4) is 0 Å². The molecule has 4 heteroatoms. The minimum atomic E-state index is -0.833. The highest BCUT2D eigenvalue weighted by Crippen LogP contribution is 2.19. The highest BCUT2D eigenvalue weighted by Gasteiger charge is 2.25. The molecule has 3 N–H and O–H groups in total. The van der Waals surface area contributed by atoms with Crippen molar-refractivity contribution >= 4 is 5.97 Å². The van der Waals surface area contributed by atoms with Gasteiger partial charge in [0.1, 0.15) is 17.0 Å². The van der Waals surface area contributed by atoms with Crippen LogP contribution in [-0.2, 0) is 16.0 Å². The molecule has 118 valence electrons. The van der Waals surface area contributed by atoms with E-state index in [0.717, 1.165) is 0 Å². The van der Waals surface area contributed by atoms with E-state index in [-0.39, 0.29) is 41.9 Å². The van der Waals surface area contributed by atoms with Crippen molar-refractivity contribution in [1.82, 2.24) is 0 Å². The van der Waals surface area contributed by atoms with Crippen LogP contribution in [0.4, 0.5) is 0 Å². The van der Waals surface area contributed by atoms with Crippen molar-refractivity contribution in [2.24, 2.45) is 0 Å². The standard InChI is InChI=1S/C17H27NO3/c1-16(2,3)20-13-9-7-12(8-10-13)11-14(18)15(19)21-17(4,5)6/h7-10,14H,11,18H2,1-6H3/p+1/t14-/m0/s1/i7D,8D,9D,10D. The molecule has 1 aromatic carbocycles. The summed E-state index contributed by atoms with van der Waals surface area (Å²) in [4.78, 5) is 12.1. The van der Waals surface area contributed by atoms with Gasteiger partial charge in [-0.15, -0.1) is 0 Å². The van der Waals surface area contributed by atoms with Gasteiger partial charge in [-0.1, -0.05) is 12.1 Å². The molecule has 0 heterocycles. The molecule has 21 heavy (non-hydrogen) atoms. The third-order valence-corrected chi connectivity index (χ3v) is 2.25. The molecule has 0 fully saturated rings. The molecule has 0 saturated heterocycles. The SMILES string of the molecule is [2H]c1c([2H])c(OC(C)(C)C)c([2H])c([2H])c1C[C@H]([NH3+])C(=O)OC(C)(C)C. The van der Waals surface area contributed by atoms with Gasteiger partial charge in [0, 0.05) is 6.42 Å². The van der Waals surface area contributed by atoms with Gasteiger partial charge >= 0.3 is 5.97 Å². The first-order valence-electron chi connectivity index (χ1n) is 8.98. The lowest BCUT2D eigenvalue weighted by atomic mass is 10.1. The summed E-state index contributed by atoms with van der Waals surface area (Å²) in [7, 11) is 0. The molecule has 0 aromatic heterocycles. The second-order valence-electron chi connectivity index (χ2n) is 6.96. The molecule has 1 aromatic rings. The van der Waals surface area contributed by atoms with E-state index in [9.17, 15) is 4.79 Å². The Bertz CT molecular complexity index is 634. The average Bonchev–Trinajstić information content (AvgIpc) is 2.43. The number of ether oxygens (including phenoxy) is 2. The number of esters is 1. The number of carbonyl (C=O) groups excluding carboxylic acids is 1. The highest BCUT2D eigenvalue weighted by atomic mass is 16.6. The van der Waals surface area contributed by atoms with Gasteiger partial charge in [-0.25, -0.2) is 4.79 Å². The van der Waals surface area contributed by atoms with E-state index < -0.39 is 23.2 Å². The molecule has 4 nitrogen and oxygen atoms in total. The number of benzene rings is 1. The summed E-state index contributed by atoms with van der Waals surface area (Å²) in [5, 5.41) is 0. The molecule has 0 aliphatic carbocycles. The zero-order valence-electron chi connectivity index (χ0n) is 17.7. The van der Waals surface area contributed by atoms with Crippen LogP contribution in [-0.4, -0.2) is 23.2 Å². The van der Waals surface area contributed by atoms with Gasteiger partial charge in [0.2, 0.25) is 0 Å². The first kappa shape index (κ1) is 12.0. The molecular formula is C17H28NO3+. The fraction of sp³-hybridized carbons (Fsp3) is 0.588. The number of hydrogen-bond donors (Lipinski definition) is 1. The summed E-state index contributed by atoms with van der Waals surface area (Å²) in [5.74, 6) is -0.636. The van der Waals surface area contributed by atoms with Gasteiger partial charge in [-0.05, 0) is 59.2 Å². The number of carbonyl (C=O) groups is 1. The smallest absolute Gasteiger partial charge is 0.365 e. The molecule has 1 rings (SSSR count). The predicted molar refractivity (Wildman–Crippen MR) is 83.0 cm³/mol.